The molecular formula is C11H14N4O3S. The predicted octanol–water partition coefficient (Wildman–Crippen LogP) is 1.20. The lowest BCUT2D eigenvalue weighted by Gasteiger charge is -2.08. The maximum Gasteiger partial charge on any atom is 0.329 e. The summed E-state index contributed by atoms with van der Waals surface area (Å²) in [6, 6.07) is 5.96. The van der Waals surface area contributed by atoms with Gasteiger partial charge in [0.1, 0.15) is 0 Å². The second-order valence-electron chi connectivity index (χ2n) is 4.09. The van der Waals surface area contributed by atoms with E-state index in [2.05, 4.69) is 14.9 Å². The lowest BCUT2D eigenvalue weighted by Crippen LogP contribution is -2.14. The number of benzene rings is 1. The van der Waals surface area contributed by atoms with Crippen LogP contribution in [0.5, 0.6) is 0 Å². The van der Waals surface area contributed by atoms with Crippen molar-refractivity contribution in [2.24, 2.45) is 5.73 Å². The Balaban J connectivity index is 2.31. The first-order valence-electron chi connectivity index (χ1n) is 5.57. The summed E-state index contributed by atoms with van der Waals surface area (Å²) in [7, 11) is -3.76. The van der Waals surface area contributed by atoms with E-state index in [0.29, 0.717) is 0 Å². The van der Waals surface area contributed by atoms with Crippen molar-refractivity contribution in [2.75, 3.05) is 4.72 Å². The second-order valence-corrected chi connectivity index (χ2v) is 5.78. The van der Waals surface area contributed by atoms with Crippen molar-refractivity contribution < 1.29 is 12.8 Å². The molecule has 2 aromatic rings. The highest BCUT2D eigenvalue weighted by atomic mass is 32.2. The van der Waals surface area contributed by atoms with E-state index < -0.39 is 10.0 Å². The molecule has 0 amide bonds. The van der Waals surface area contributed by atoms with Crippen molar-refractivity contribution in [3.05, 3.63) is 35.7 Å². The topological polar surface area (TPSA) is 111 Å². The number of hydrogen-bond donors (Lipinski definition) is 2. The summed E-state index contributed by atoms with van der Waals surface area (Å²) in [5, 5.41) is 7.13. The fourth-order valence-corrected chi connectivity index (χ4v) is 2.46. The summed E-state index contributed by atoms with van der Waals surface area (Å²) in [6.07, 6.45) is 0. The summed E-state index contributed by atoms with van der Waals surface area (Å²) in [6.45, 7) is 3.35. The van der Waals surface area contributed by atoms with E-state index in [9.17, 15) is 8.42 Å². The van der Waals surface area contributed by atoms with Gasteiger partial charge in [-0.2, -0.15) is 0 Å². The molecule has 7 nitrogen and oxygen atoms in total. The van der Waals surface area contributed by atoms with Crippen molar-refractivity contribution in [2.45, 2.75) is 24.8 Å². The zero-order valence-corrected chi connectivity index (χ0v) is 11.3. The SMILES string of the molecule is Cc1nnc(NS(=O)(=O)c2cccc(C(C)N)c2)o1. The van der Waals surface area contributed by atoms with Crippen LogP contribution in [0.25, 0.3) is 0 Å². The molecule has 19 heavy (non-hydrogen) atoms. The van der Waals surface area contributed by atoms with Gasteiger partial charge in [0.05, 0.1) is 4.90 Å². The van der Waals surface area contributed by atoms with Crippen LogP contribution in [0.15, 0.2) is 33.6 Å². The number of hydrogen-bond acceptors (Lipinski definition) is 6. The Bertz CT molecular complexity index is 679. The number of nitrogens with one attached hydrogen (secondary N) is 1. The highest BCUT2D eigenvalue weighted by molar-refractivity contribution is 7.92. The molecule has 1 aromatic carbocycles. The van der Waals surface area contributed by atoms with Gasteiger partial charge in [-0.05, 0) is 24.6 Å². The molecule has 2 rings (SSSR count). The fourth-order valence-electron chi connectivity index (χ4n) is 1.48. The first-order chi connectivity index (χ1) is 8.88. The third-order valence-corrected chi connectivity index (χ3v) is 3.76. The largest absolute Gasteiger partial charge is 0.408 e. The van der Waals surface area contributed by atoms with E-state index >= 15 is 0 Å². The van der Waals surface area contributed by atoms with Crippen molar-refractivity contribution >= 4 is 16.0 Å². The zero-order chi connectivity index (χ0) is 14.0. The van der Waals surface area contributed by atoms with Crippen molar-refractivity contribution in [1.29, 1.82) is 0 Å². The Morgan fingerprint density at radius 3 is 2.68 bits per heavy atom. The summed E-state index contributed by atoms with van der Waals surface area (Å²) in [4.78, 5) is 0.0955. The van der Waals surface area contributed by atoms with Crippen LogP contribution in [-0.4, -0.2) is 18.6 Å². The van der Waals surface area contributed by atoms with Gasteiger partial charge in [0.15, 0.2) is 0 Å². The minimum atomic E-state index is -3.76. The van der Waals surface area contributed by atoms with Crippen LogP contribution in [0.4, 0.5) is 6.01 Å². The number of aryl methyl sites for hydroxylation is 1. The van der Waals surface area contributed by atoms with E-state index in [4.69, 9.17) is 10.2 Å². The molecule has 102 valence electrons. The number of aromatic nitrogens is 2. The number of rotatable bonds is 4. The minimum absolute atomic E-state index is 0.0955. The molecule has 1 atom stereocenters. The summed E-state index contributed by atoms with van der Waals surface area (Å²) < 4.78 is 31.4. The minimum Gasteiger partial charge on any atom is -0.408 e. The average Bonchev–Trinajstić information content (AvgIpc) is 2.74. The van der Waals surface area contributed by atoms with Crippen molar-refractivity contribution in [1.82, 2.24) is 10.2 Å². The van der Waals surface area contributed by atoms with E-state index in [0.717, 1.165) is 5.56 Å². The van der Waals surface area contributed by atoms with Gasteiger partial charge in [-0.25, -0.2) is 13.1 Å². The van der Waals surface area contributed by atoms with Crippen LogP contribution in [0.1, 0.15) is 24.4 Å². The lowest BCUT2D eigenvalue weighted by atomic mass is 10.1. The van der Waals surface area contributed by atoms with E-state index in [1.807, 2.05) is 0 Å². The highest BCUT2D eigenvalue weighted by Crippen LogP contribution is 2.18. The van der Waals surface area contributed by atoms with Crippen molar-refractivity contribution in [3.8, 4) is 0 Å². The van der Waals surface area contributed by atoms with Crippen molar-refractivity contribution in [3.63, 3.8) is 0 Å². The third kappa shape index (κ3) is 3.09. The van der Waals surface area contributed by atoms with Gasteiger partial charge >= 0.3 is 6.01 Å². The molecule has 0 aliphatic heterocycles. The highest BCUT2D eigenvalue weighted by Gasteiger charge is 2.18. The molecule has 0 saturated heterocycles. The van der Waals surface area contributed by atoms with E-state index in [-0.39, 0.29) is 22.8 Å². The second kappa shape index (κ2) is 4.98. The monoisotopic (exact) mass is 282 g/mol. The lowest BCUT2D eigenvalue weighted by molar-refractivity contribution is 0.534. The molecule has 1 aromatic heterocycles. The van der Waals surface area contributed by atoms with E-state index in [1.165, 1.54) is 12.1 Å². The quantitative estimate of drug-likeness (QED) is 0.871. The molecule has 0 bridgehead atoms. The molecule has 0 spiro atoms. The summed E-state index contributed by atoms with van der Waals surface area (Å²) in [5.41, 5.74) is 6.45. The fraction of sp³-hybridized carbons (Fsp3) is 0.273. The predicted molar refractivity (Wildman–Crippen MR) is 68.9 cm³/mol. The van der Waals surface area contributed by atoms with Crippen LogP contribution in [0.2, 0.25) is 0 Å². The van der Waals surface area contributed by atoms with Gasteiger partial charge in [-0.1, -0.05) is 17.2 Å². The number of anilines is 1. The van der Waals surface area contributed by atoms with Crippen LogP contribution in [0.3, 0.4) is 0 Å². The molecule has 0 fully saturated rings. The number of nitrogens with two attached hydrogens (primary N) is 1. The van der Waals surface area contributed by atoms with Gasteiger partial charge < -0.3 is 10.2 Å². The molecule has 0 saturated carbocycles. The molecule has 1 heterocycles. The van der Waals surface area contributed by atoms with Crippen LogP contribution < -0.4 is 10.5 Å². The molecule has 0 radical (unpaired) electrons. The zero-order valence-electron chi connectivity index (χ0n) is 10.5. The molecule has 1 unspecified atom stereocenters. The van der Waals surface area contributed by atoms with E-state index in [1.54, 1.807) is 26.0 Å². The number of sulfonamides is 1. The molecule has 3 N–H and O–H groups in total. The van der Waals surface area contributed by atoms with Crippen LogP contribution >= 0.6 is 0 Å². The maximum atomic E-state index is 12.1. The third-order valence-electron chi connectivity index (χ3n) is 2.44. The summed E-state index contributed by atoms with van der Waals surface area (Å²) in [5.74, 6) is 0.280. The smallest absolute Gasteiger partial charge is 0.329 e. The van der Waals surface area contributed by atoms with Gasteiger partial charge in [-0.15, -0.1) is 5.10 Å². The molecule has 0 aliphatic carbocycles. The molecule has 8 heteroatoms. The Morgan fingerprint density at radius 2 is 2.11 bits per heavy atom. The van der Waals surface area contributed by atoms with Gasteiger partial charge in [0.25, 0.3) is 10.0 Å². The Labute approximate surface area is 110 Å². The first-order valence-corrected chi connectivity index (χ1v) is 7.05. The van der Waals surface area contributed by atoms with Gasteiger partial charge in [-0.3, -0.25) is 0 Å². The Morgan fingerprint density at radius 1 is 1.37 bits per heavy atom. The van der Waals surface area contributed by atoms with Crippen LogP contribution in [0, 0.1) is 6.92 Å². The normalized spacial score (nSPS) is 13.2. The summed E-state index contributed by atoms with van der Waals surface area (Å²) >= 11 is 0. The average molecular weight is 282 g/mol. The first kappa shape index (κ1) is 13.5. The molecule has 0 aliphatic rings. The number of nitrogens with zero attached hydrogens (tertiary/aromatic N) is 2. The standard InChI is InChI=1S/C11H14N4O3S/c1-7(12)9-4-3-5-10(6-9)19(16,17)15-11-14-13-8(2)18-11/h3-7H,12H2,1-2H3,(H,14,15). The van der Waals surface area contributed by atoms with Crippen LogP contribution in [-0.2, 0) is 10.0 Å². The van der Waals surface area contributed by atoms with Gasteiger partial charge in [0, 0.05) is 13.0 Å². The Kier molecular flexibility index (Phi) is 3.54. The van der Waals surface area contributed by atoms with Gasteiger partial charge in [0.2, 0.25) is 5.89 Å². The maximum absolute atomic E-state index is 12.1. The Hall–Kier alpha value is -1.93. The molecular weight excluding hydrogens is 268 g/mol.